The monoisotopic (exact) mass is 333 g/mol. The van der Waals surface area contributed by atoms with E-state index in [4.69, 9.17) is 5.10 Å². The third-order valence-electron chi connectivity index (χ3n) is 4.17. The van der Waals surface area contributed by atoms with Gasteiger partial charge in [-0.05, 0) is 24.5 Å². The predicted octanol–water partition coefficient (Wildman–Crippen LogP) is 3.91. The van der Waals surface area contributed by atoms with Gasteiger partial charge < -0.3 is 5.32 Å². The molecule has 1 amide bonds. The molecule has 0 saturated heterocycles. The van der Waals surface area contributed by atoms with Crippen LogP contribution in [0.5, 0.6) is 0 Å². The third kappa shape index (κ3) is 3.97. The van der Waals surface area contributed by atoms with E-state index in [9.17, 15) is 4.79 Å². The van der Waals surface area contributed by atoms with E-state index in [0.717, 1.165) is 23.2 Å². The van der Waals surface area contributed by atoms with E-state index >= 15 is 0 Å². The van der Waals surface area contributed by atoms with E-state index in [0.29, 0.717) is 18.7 Å². The normalized spacial score (nSPS) is 10.6. The fourth-order valence-electron chi connectivity index (χ4n) is 2.81. The molecule has 4 nitrogen and oxygen atoms in total. The lowest BCUT2D eigenvalue weighted by atomic mass is 10.0. The SMILES string of the molecule is CCNC(=O)c1cn(Cc2ccccc2)nc1-c1ccc(CC)cc1. The Balaban J connectivity index is 1.97. The van der Waals surface area contributed by atoms with Gasteiger partial charge in [-0.15, -0.1) is 0 Å². The second-order valence-corrected chi connectivity index (χ2v) is 5.98. The fourth-order valence-corrected chi connectivity index (χ4v) is 2.81. The van der Waals surface area contributed by atoms with E-state index in [1.165, 1.54) is 5.56 Å². The van der Waals surface area contributed by atoms with Gasteiger partial charge in [-0.1, -0.05) is 61.5 Å². The molecule has 0 bridgehead atoms. The van der Waals surface area contributed by atoms with Crippen LogP contribution in [0, 0.1) is 0 Å². The van der Waals surface area contributed by atoms with E-state index < -0.39 is 0 Å². The van der Waals surface area contributed by atoms with Gasteiger partial charge in [0, 0.05) is 18.3 Å². The van der Waals surface area contributed by atoms with Crippen molar-refractivity contribution >= 4 is 5.91 Å². The topological polar surface area (TPSA) is 46.9 Å². The number of carbonyl (C=O) groups excluding carboxylic acids is 1. The molecule has 0 atom stereocenters. The highest BCUT2D eigenvalue weighted by molar-refractivity contribution is 5.99. The van der Waals surface area contributed by atoms with Crippen LogP contribution in [0.2, 0.25) is 0 Å². The summed E-state index contributed by atoms with van der Waals surface area (Å²) in [5, 5.41) is 7.57. The number of carbonyl (C=O) groups is 1. The molecule has 0 aliphatic rings. The quantitative estimate of drug-likeness (QED) is 0.743. The second kappa shape index (κ2) is 7.79. The predicted molar refractivity (Wildman–Crippen MR) is 101 cm³/mol. The number of rotatable bonds is 6. The lowest BCUT2D eigenvalue weighted by Crippen LogP contribution is -2.22. The van der Waals surface area contributed by atoms with Crippen LogP contribution < -0.4 is 5.32 Å². The summed E-state index contributed by atoms with van der Waals surface area (Å²) in [5.41, 5.74) is 4.73. The molecule has 0 radical (unpaired) electrons. The molecule has 25 heavy (non-hydrogen) atoms. The standard InChI is InChI=1S/C21H23N3O/c1-3-16-10-12-18(13-11-16)20-19(21(25)22-4-2)15-24(23-20)14-17-8-6-5-7-9-17/h5-13,15H,3-4,14H2,1-2H3,(H,22,25). The zero-order valence-corrected chi connectivity index (χ0v) is 14.7. The number of nitrogens with zero attached hydrogens (tertiary/aromatic N) is 2. The molecule has 0 spiro atoms. The number of hydrogen-bond acceptors (Lipinski definition) is 2. The minimum atomic E-state index is -0.0867. The maximum atomic E-state index is 12.5. The van der Waals surface area contributed by atoms with Gasteiger partial charge in [-0.25, -0.2) is 0 Å². The number of nitrogens with one attached hydrogen (secondary N) is 1. The Bertz CT molecular complexity index is 835. The minimum absolute atomic E-state index is 0.0867. The van der Waals surface area contributed by atoms with Crippen molar-refractivity contribution in [1.82, 2.24) is 15.1 Å². The van der Waals surface area contributed by atoms with Gasteiger partial charge in [-0.2, -0.15) is 5.10 Å². The van der Waals surface area contributed by atoms with Crippen LogP contribution in [0.15, 0.2) is 60.8 Å². The van der Waals surface area contributed by atoms with Crippen molar-refractivity contribution in [3.63, 3.8) is 0 Å². The van der Waals surface area contributed by atoms with E-state index in [1.54, 1.807) is 0 Å². The van der Waals surface area contributed by atoms with Crippen molar-refractivity contribution in [3.05, 3.63) is 77.5 Å². The number of hydrogen-bond donors (Lipinski definition) is 1. The Morgan fingerprint density at radius 3 is 2.36 bits per heavy atom. The fraction of sp³-hybridized carbons (Fsp3) is 0.238. The molecule has 4 heteroatoms. The Morgan fingerprint density at radius 2 is 1.72 bits per heavy atom. The molecule has 0 aliphatic heterocycles. The van der Waals surface area contributed by atoms with Crippen molar-refractivity contribution < 1.29 is 4.79 Å². The Morgan fingerprint density at radius 1 is 1.00 bits per heavy atom. The summed E-state index contributed by atoms with van der Waals surface area (Å²) in [5.74, 6) is -0.0867. The average Bonchev–Trinajstić information content (AvgIpc) is 3.07. The molecule has 1 aromatic heterocycles. The number of benzene rings is 2. The molecule has 128 valence electrons. The first-order valence-electron chi connectivity index (χ1n) is 8.70. The van der Waals surface area contributed by atoms with Crippen LogP contribution in [0.3, 0.4) is 0 Å². The largest absolute Gasteiger partial charge is 0.352 e. The highest BCUT2D eigenvalue weighted by atomic mass is 16.1. The van der Waals surface area contributed by atoms with Crippen molar-refractivity contribution in [1.29, 1.82) is 0 Å². The highest BCUT2D eigenvalue weighted by Crippen LogP contribution is 2.23. The van der Waals surface area contributed by atoms with Gasteiger partial charge >= 0.3 is 0 Å². The zero-order chi connectivity index (χ0) is 17.6. The van der Waals surface area contributed by atoms with Crippen LogP contribution in [-0.2, 0) is 13.0 Å². The summed E-state index contributed by atoms with van der Waals surface area (Å²) in [6.45, 7) is 5.28. The number of aryl methyl sites for hydroxylation is 1. The average molecular weight is 333 g/mol. The van der Waals surface area contributed by atoms with Crippen LogP contribution in [0.4, 0.5) is 0 Å². The van der Waals surface area contributed by atoms with E-state index in [2.05, 4.69) is 36.5 Å². The van der Waals surface area contributed by atoms with Crippen molar-refractivity contribution in [2.24, 2.45) is 0 Å². The maximum absolute atomic E-state index is 12.5. The Labute approximate surface area is 148 Å². The van der Waals surface area contributed by atoms with Gasteiger partial charge in [0.25, 0.3) is 5.91 Å². The molecule has 1 N–H and O–H groups in total. The molecular weight excluding hydrogens is 310 g/mol. The maximum Gasteiger partial charge on any atom is 0.255 e. The van der Waals surface area contributed by atoms with Crippen LogP contribution in [0.1, 0.15) is 35.3 Å². The molecule has 1 heterocycles. The number of aromatic nitrogens is 2. The van der Waals surface area contributed by atoms with E-state index in [1.807, 2.05) is 48.1 Å². The third-order valence-corrected chi connectivity index (χ3v) is 4.17. The van der Waals surface area contributed by atoms with Gasteiger partial charge in [0.05, 0.1) is 12.1 Å². The van der Waals surface area contributed by atoms with Gasteiger partial charge in [-0.3, -0.25) is 9.48 Å². The minimum Gasteiger partial charge on any atom is -0.352 e. The summed E-state index contributed by atoms with van der Waals surface area (Å²) in [6.07, 6.45) is 2.83. The van der Waals surface area contributed by atoms with Crippen LogP contribution in [-0.4, -0.2) is 22.2 Å². The summed E-state index contributed by atoms with van der Waals surface area (Å²) in [6, 6.07) is 18.4. The lowest BCUT2D eigenvalue weighted by Gasteiger charge is -2.04. The molecule has 2 aromatic carbocycles. The summed E-state index contributed by atoms with van der Waals surface area (Å²) < 4.78 is 1.84. The van der Waals surface area contributed by atoms with Crippen molar-refractivity contribution in [3.8, 4) is 11.3 Å². The zero-order valence-electron chi connectivity index (χ0n) is 14.7. The molecule has 0 unspecified atom stereocenters. The van der Waals surface area contributed by atoms with Crippen molar-refractivity contribution in [2.45, 2.75) is 26.8 Å². The summed E-state index contributed by atoms with van der Waals surface area (Å²) >= 11 is 0. The van der Waals surface area contributed by atoms with E-state index in [-0.39, 0.29) is 5.91 Å². The molecule has 3 rings (SSSR count). The molecule has 0 aliphatic carbocycles. The van der Waals surface area contributed by atoms with Crippen LogP contribution in [0.25, 0.3) is 11.3 Å². The second-order valence-electron chi connectivity index (χ2n) is 5.98. The highest BCUT2D eigenvalue weighted by Gasteiger charge is 2.17. The van der Waals surface area contributed by atoms with Crippen LogP contribution >= 0.6 is 0 Å². The first-order valence-corrected chi connectivity index (χ1v) is 8.70. The molecule has 3 aromatic rings. The van der Waals surface area contributed by atoms with Gasteiger partial charge in [0.1, 0.15) is 5.69 Å². The Hall–Kier alpha value is -2.88. The number of amides is 1. The van der Waals surface area contributed by atoms with Gasteiger partial charge in [0.15, 0.2) is 0 Å². The molecule has 0 saturated carbocycles. The Kier molecular flexibility index (Phi) is 5.29. The van der Waals surface area contributed by atoms with Gasteiger partial charge in [0.2, 0.25) is 0 Å². The van der Waals surface area contributed by atoms with Crippen molar-refractivity contribution in [2.75, 3.05) is 6.54 Å². The lowest BCUT2D eigenvalue weighted by molar-refractivity contribution is 0.0956. The summed E-state index contributed by atoms with van der Waals surface area (Å²) in [7, 11) is 0. The smallest absolute Gasteiger partial charge is 0.255 e. The molecule has 0 fully saturated rings. The molecular formula is C21H23N3O. The first-order chi connectivity index (χ1) is 12.2. The summed E-state index contributed by atoms with van der Waals surface area (Å²) in [4.78, 5) is 12.5. The first kappa shape index (κ1) is 17.0.